The van der Waals surface area contributed by atoms with Crippen LogP contribution in [0.15, 0.2) is 46.6 Å². The molecule has 3 heterocycles. The SMILES string of the molecule is CC(C)CCn1c(=O)c2sccc2n2c(CCCC(=O)NC(C)c3ccccc3)nnc12. The van der Waals surface area contributed by atoms with Crippen molar-refractivity contribution in [3.8, 4) is 0 Å². The topological polar surface area (TPSA) is 81.3 Å². The summed E-state index contributed by atoms with van der Waals surface area (Å²) in [7, 11) is 0. The van der Waals surface area contributed by atoms with Crippen LogP contribution in [-0.2, 0) is 17.8 Å². The van der Waals surface area contributed by atoms with Gasteiger partial charge < -0.3 is 5.32 Å². The lowest BCUT2D eigenvalue weighted by Gasteiger charge is -2.14. The molecule has 0 saturated heterocycles. The fourth-order valence-corrected chi connectivity index (χ4v) is 4.70. The minimum atomic E-state index is -0.0292. The molecule has 0 saturated carbocycles. The Morgan fingerprint density at radius 1 is 1.12 bits per heavy atom. The second-order valence-corrected chi connectivity index (χ2v) is 9.50. The van der Waals surface area contributed by atoms with Crippen molar-refractivity contribution < 1.29 is 4.79 Å². The summed E-state index contributed by atoms with van der Waals surface area (Å²) in [6.45, 7) is 6.89. The van der Waals surface area contributed by atoms with Crippen LogP contribution < -0.4 is 10.9 Å². The van der Waals surface area contributed by atoms with Crippen molar-refractivity contribution in [1.29, 1.82) is 0 Å². The Labute approximate surface area is 191 Å². The Morgan fingerprint density at radius 2 is 1.91 bits per heavy atom. The van der Waals surface area contributed by atoms with E-state index in [1.807, 2.05) is 53.1 Å². The molecule has 0 aliphatic heterocycles. The van der Waals surface area contributed by atoms with E-state index in [2.05, 4.69) is 29.4 Å². The number of aromatic nitrogens is 4. The van der Waals surface area contributed by atoms with E-state index in [4.69, 9.17) is 0 Å². The third-order valence-corrected chi connectivity index (χ3v) is 6.58. The van der Waals surface area contributed by atoms with Gasteiger partial charge in [-0.05, 0) is 42.7 Å². The maximum atomic E-state index is 13.0. The second-order valence-electron chi connectivity index (χ2n) is 8.58. The summed E-state index contributed by atoms with van der Waals surface area (Å²) >= 11 is 1.45. The number of nitrogens with zero attached hydrogens (tertiary/aromatic N) is 4. The van der Waals surface area contributed by atoms with Crippen molar-refractivity contribution in [3.05, 3.63) is 63.5 Å². The molecule has 168 valence electrons. The number of thiophene rings is 1. The number of hydrogen-bond donors (Lipinski definition) is 1. The molecular formula is C24H29N5O2S. The number of amides is 1. The molecule has 32 heavy (non-hydrogen) atoms. The first-order chi connectivity index (χ1) is 15.5. The van der Waals surface area contributed by atoms with Crippen LogP contribution in [0.3, 0.4) is 0 Å². The molecule has 0 bridgehead atoms. The number of rotatable bonds is 9. The maximum Gasteiger partial charge on any atom is 0.272 e. The van der Waals surface area contributed by atoms with Gasteiger partial charge in [0.1, 0.15) is 10.5 Å². The van der Waals surface area contributed by atoms with Crippen molar-refractivity contribution >= 4 is 33.2 Å². The van der Waals surface area contributed by atoms with E-state index in [0.29, 0.717) is 37.5 Å². The third kappa shape index (κ3) is 4.60. The van der Waals surface area contributed by atoms with E-state index in [1.54, 1.807) is 4.57 Å². The summed E-state index contributed by atoms with van der Waals surface area (Å²) < 4.78 is 4.44. The zero-order valence-corrected chi connectivity index (χ0v) is 19.6. The van der Waals surface area contributed by atoms with E-state index in [0.717, 1.165) is 28.0 Å². The fourth-order valence-electron chi connectivity index (χ4n) is 3.88. The van der Waals surface area contributed by atoms with Crippen molar-refractivity contribution in [2.75, 3.05) is 0 Å². The predicted octanol–water partition coefficient (Wildman–Crippen LogP) is 4.35. The Morgan fingerprint density at radius 3 is 2.66 bits per heavy atom. The molecule has 1 aromatic carbocycles. The third-order valence-electron chi connectivity index (χ3n) is 5.69. The quantitative estimate of drug-likeness (QED) is 0.410. The smallest absolute Gasteiger partial charge is 0.272 e. The van der Waals surface area contributed by atoms with Crippen molar-refractivity contribution in [3.63, 3.8) is 0 Å². The van der Waals surface area contributed by atoms with Gasteiger partial charge in [0.15, 0.2) is 0 Å². The van der Waals surface area contributed by atoms with Crippen molar-refractivity contribution in [2.24, 2.45) is 5.92 Å². The van der Waals surface area contributed by atoms with Gasteiger partial charge in [-0.3, -0.25) is 18.6 Å². The molecule has 1 unspecified atom stereocenters. The molecular weight excluding hydrogens is 422 g/mol. The fraction of sp³-hybridized carbons (Fsp3) is 0.417. The Hall–Kier alpha value is -3.00. The zero-order valence-electron chi connectivity index (χ0n) is 18.7. The highest BCUT2D eigenvalue weighted by molar-refractivity contribution is 7.17. The van der Waals surface area contributed by atoms with Crippen LogP contribution in [0.1, 0.15) is 57.5 Å². The Kier molecular flexibility index (Phi) is 6.69. The molecule has 7 nitrogen and oxygen atoms in total. The first-order valence-electron chi connectivity index (χ1n) is 11.1. The molecule has 0 fully saturated rings. The van der Waals surface area contributed by atoms with Crippen LogP contribution in [0.5, 0.6) is 0 Å². The first-order valence-corrected chi connectivity index (χ1v) is 12.0. The molecule has 0 aliphatic carbocycles. The first kappa shape index (κ1) is 22.2. The number of aryl methyl sites for hydroxylation is 2. The monoisotopic (exact) mass is 451 g/mol. The molecule has 8 heteroatoms. The van der Waals surface area contributed by atoms with E-state index >= 15 is 0 Å². The summed E-state index contributed by atoms with van der Waals surface area (Å²) in [4.78, 5) is 25.4. The van der Waals surface area contributed by atoms with Gasteiger partial charge in [-0.15, -0.1) is 21.5 Å². The van der Waals surface area contributed by atoms with Gasteiger partial charge in [-0.2, -0.15) is 0 Å². The number of carbonyl (C=O) groups is 1. The largest absolute Gasteiger partial charge is 0.350 e. The highest BCUT2D eigenvalue weighted by atomic mass is 32.1. The molecule has 1 amide bonds. The van der Waals surface area contributed by atoms with E-state index in [1.165, 1.54) is 11.3 Å². The predicted molar refractivity (Wildman–Crippen MR) is 128 cm³/mol. The molecule has 4 aromatic rings. The molecule has 4 rings (SSSR count). The number of benzene rings is 1. The van der Waals surface area contributed by atoms with Crippen LogP contribution in [0, 0.1) is 5.92 Å². The number of hydrogen-bond acceptors (Lipinski definition) is 5. The molecule has 0 radical (unpaired) electrons. The van der Waals surface area contributed by atoms with Crippen molar-refractivity contribution in [1.82, 2.24) is 24.5 Å². The summed E-state index contributed by atoms with van der Waals surface area (Å²) in [5.41, 5.74) is 1.93. The Balaban J connectivity index is 1.49. The van der Waals surface area contributed by atoms with Crippen molar-refractivity contribution in [2.45, 2.75) is 59.0 Å². The number of carbonyl (C=O) groups excluding carboxylic acids is 1. The van der Waals surface area contributed by atoms with Crippen LogP contribution in [0.4, 0.5) is 0 Å². The van der Waals surface area contributed by atoms with E-state index in [9.17, 15) is 9.59 Å². The molecule has 3 aromatic heterocycles. The summed E-state index contributed by atoms with van der Waals surface area (Å²) in [6.07, 6.45) is 2.58. The van der Waals surface area contributed by atoms with Crippen LogP contribution in [-0.4, -0.2) is 25.1 Å². The van der Waals surface area contributed by atoms with Gasteiger partial charge in [-0.25, -0.2) is 0 Å². The van der Waals surface area contributed by atoms with E-state index in [-0.39, 0.29) is 17.5 Å². The van der Waals surface area contributed by atoms with Crippen LogP contribution in [0.2, 0.25) is 0 Å². The normalized spacial score (nSPS) is 12.6. The second kappa shape index (κ2) is 9.65. The van der Waals surface area contributed by atoms with Gasteiger partial charge in [0.05, 0.1) is 11.6 Å². The molecule has 1 N–H and O–H groups in total. The van der Waals surface area contributed by atoms with Crippen LogP contribution >= 0.6 is 11.3 Å². The van der Waals surface area contributed by atoms with Gasteiger partial charge in [0.25, 0.3) is 5.56 Å². The average molecular weight is 452 g/mol. The minimum Gasteiger partial charge on any atom is -0.350 e. The summed E-state index contributed by atoms with van der Waals surface area (Å²) in [6, 6.07) is 11.9. The summed E-state index contributed by atoms with van der Waals surface area (Å²) in [5, 5.41) is 13.7. The minimum absolute atomic E-state index is 0.00335. The standard InChI is InChI=1S/C24H29N5O2S/c1-16(2)12-14-28-23(31)22-19(13-15-32-22)29-20(26-27-24(28)29)10-7-11-21(30)25-17(3)18-8-5-4-6-9-18/h4-6,8-9,13,15-17H,7,10-12,14H2,1-3H3,(H,25,30). The van der Waals surface area contributed by atoms with Gasteiger partial charge in [0, 0.05) is 19.4 Å². The van der Waals surface area contributed by atoms with E-state index < -0.39 is 0 Å². The lowest BCUT2D eigenvalue weighted by molar-refractivity contribution is -0.121. The highest BCUT2D eigenvalue weighted by Crippen LogP contribution is 2.21. The number of nitrogens with one attached hydrogen (secondary N) is 1. The lowest BCUT2D eigenvalue weighted by Crippen LogP contribution is -2.26. The van der Waals surface area contributed by atoms with Crippen LogP contribution in [0.25, 0.3) is 16.0 Å². The molecule has 1 atom stereocenters. The highest BCUT2D eigenvalue weighted by Gasteiger charge is 2.18. The zero-order chi connectivity index (χ0) is 22.7. The molecule has 0 spiro atoms. The summed E-state index contributed by atoms with van der Waals surface area (Å²) in [5.74, 6) is 1.87. The molecule has 0 aliphatic rings. The van der Waals surface area contributed by atoms with Gasteiger partial charge in [0.2, 0.25) is 11.7 Å². The van der Waals surface area contributed by atoms with Gasteiger partial charge in [-0.1, -0.05) is 44.2 Å². The maximum absolute atomic E-state index is 13.0. The Bertz CT molecular complexity index is 1270. The lowest BCUT2D eigenvalue weighted by atomic mass is 10.1. The average Bonchev–Trinajstić information content (AvgIpc) is 3.41. The van der Waals surface area contributed by atoms with Gasteiger partial charge >= 0.3 is 0 Å². The number of fused-ring (bicyclic) bond motifs is 3.